The molecule has 1 saturated heterocycles. The zero-order valence-electron chi connectivity index (χ0n) is 9.65. The number of carbonyl (C=O) groups is 1. The van der Waals surface area contributed by atoms with Crippen LogP contribution in [0.5, 0.6) is 0 Å². The van der Waals surface area contributed by atoms with Crippen molar-refractivity contribution in [2.24, 2.45) is 0 Å². The maximum Gasteiger partial charge on any atom is 0.335 e. The second-order valence-electron chi connectivity index (χ2n) is 4.27. The Morgan fingerprint density at radius 3 is 2.65 bits per heavy atom. The molecular weight excluding hydrogens is 218 g/mol. The van der Waals surface area contributed by atoms with Crippen LogP contribution in [-0.4, -0.2) is 29.2 Å². The van der Waals surface area contributed by atoms with E-state index in [0.29, 0.717) is 11.4 Å². The Kier molecular flexibility index (Phi) is 3.49. The van der Waals surface area contributed by atoms with Crippen molar-refractivity contribution in [3.8, 4) is 0 Å². The summed E-state index contributed by atoms with van der Waals surface area (Å²) in [6.45, 7) is 1.94. The van der Waals surface area contributed by atoms with Gasteiger partial charge in [-0.2, -0.15) is 0 Å². The van der Waals surface area contributed by atoms with Crippen LogP contribution >= 0.6 is 0 Å². The summed E-state index contributed by atoms with van der Waals surface area (Å²) in [5.41, 5.74) is 10.5. The second kappa shape index (κ2) is 5.05. The van der Waals surface area contributed by atoms with Crippen molar-refractivity contribution < 1.29 is 9.90 Å². The average molecular weight is 235 g/mol. The molecule has 0 aromatic heterocycles. The summed E-state index contributed by atoms with van der Waals surface area (Å²) in [5.74, 6) is -0.938. The van der Waals surface area contributed by atoms with Crippen molar-refractivity contribution in [2.75, 3.05) is 24.2 Å². The molecule has 17 heavy (non-hydrogen) atoms. The SMILES string of the molecule is Nc1ccc(C(=O)O)cc1NN1CCCCC1. The lowest BCUT2D eigenvalue weighted by atomic mass is 10.1. The molecule has 0 amide bonds. The molecule has 4 N–H and O–H groups in total. The van der Waals surface area contributed by atoms with Gasteiger partial charge in [-0.3, -0.25) is 0 Å². The first-order chi connectivity index (χ1) is 8.16. The van der Waals surface area contributed by atoms with E-state index in [4.69, 9.17) is 10.8 Å². The van der Waals surface area contributed by atoms with E-state index in [1.54, 1.807) is 12.1 Å². The van der Waals surface area contributed by atoms with Gasteiger partial charge in [0.25, 0.3) is 0 Å². The van der Waals surface area contributed by atoms with Gasteiger partial charge in [0.2, 0.25) is 0 Å². The Morgan fingerprint density at radius 1 is 1.29 bits per heavy atom. The molecule has 1 aliphatic rings. The maximum atomic E-state index is 10.9. The second-order valence-corrected chi connectivity index (χ2v) is 4.27. The number of nitrogens with two attached hydrogens (primary N) is 1. The highest BCUT2D eigenvalue weighted by atomic mass is 16.4. The molecule has 0 saturated carbocycles. The minimum absolute atomic E-state index is 0.249. The predicted molar refractivity (Wildman–Crippen MR) is 66.9 cm³/mol. The molecule has 5 nitrogen and oxygen atoms in total. The van der Waals surface area contributed by atoms with Crippen LogP contribution in [0.25, 0.3) is 0 Å². The highest BCUT2D eigenvalue weighted by Crippen LogP contribution is 2.22. The molecule has 0 aliphatic carbocycles. The lowest BCUT2D eigenvalue weighted by molar-refractivity contribution is 0.0697. The van der Waals surface area contributed by atoms with Gasteiger partial charge in [-0.15, -0.1) is 0 Å². The molecule has 0 radical (unpaired) electrons. The summed E-state index contributed by atoms with van der Waals surface area (Å²) >= 11 is 0. The van der Waals surface area contributed by atoms with E-state index in [0.717, 1.165) is 25.9 Å². The standard InChI is InChI=1S/C12H17N3O2/c13-10-5-4-9(12(16)17)8-11(10)14-15-6-2-1-3-7-15/h4-5,8,14H,1-3,6-7,13H2,(H,16,17). The summed E-state index contributed by atoms with van der Waals surface area (Å²) in [5, 5.41) is 11.0. The third kappa shape index (κ3) is 2.88. The normalized spacial score (nSPS) is 16.7. The first-order valence-corrected chi connectivity index (χ1v) is 5.81. The average Bonchev–Trinajstić information content (AvgIpc) is 2.33. The molecule has 1 aromatic rings. The number of nitrogens with one attached hydrogen (secondary N) is 1. The van der Waals surface area contributed by atoms with Gasteiger partial charge < -0.3 is 16.3 Å². The quantitative estimate of drug-likeness (QED) is 0.696. The molecule has 0 spiro atoms. The van der Waals surface area contributed by atoms with Crippen LogP contribution in [0.15, 0.2) is 18.2 Å². The van der Waals surface area contributed by atoms with Gasteiger partial charge in [-0.25, -0.2) is 9.80 Å². The number of benzene rings is 1. The minimum Gasteiger partial charge on any atom is -0.478 e. The van der Waals surface area contributed by atoms with Gasteiger partial charge in [0.1, 0.15) is 0 Å². The van der Waals surface area contributed by atoms with Gasteiger partial charge >= 0.3 is 5.97 Å². The summed E-state index contributed by atoms with van der Waals surface area (Å²) in [4.78, 5) is 10.9. The van der Waals surface area contributed by atoms with Crippen molar-refractivity contribution in [1.82, 2.24) is 5.01 Å². The smallest absolute Gasteiger partial charge is 0.335 e. The molecule has 1 aromatic carbocycles. The number of nitrogen functional groups attached to an aromatic ring is 1. The monoisotopic (exact) mass is 235 g/mol. The van der Waals surface area contributed by atoms with E-state index in [2.05, 4.69) is 10.4 Å². The summed E-state index contributed by atoms with van der Waals surface area (Å²) in [6, 6.07) is 4.71. The molecule has 92 valence electrons. The number of hydrogen-bond acceptors (Lipinski definition) is 4. The number of piperidine rings is 1. The molecule has 2 rings (SSSR count). The summed E-state index contributed by atoms with van der Waals surface area (Å²) in [7, 11) is 0. The summed E-state index contributed by atoms with van der Waals surface area (Å²) < 4.78 is 0. The fourth-order valence-electron chi connectivity index (χ4n) is 1.96. The number of rotatable bonds is 3. The first-order valence-electron chi connectivity index (χ1n) is 5.81. The van der Waals surface area contributed by atoms with Gasteiger partial charge in [0, 0.05) is 13.1 Å². The van der Waals surface area contributed by atoms with E-state index in [9.17, 15) is 4.79 Å². The highest BCUT2D eigenvalue weighted by Gasteiger charge is 2.12. The largest absolute Gasteiger partial charge is 0.478 e. The Balaban J connectivity index is 2.13. The van der Waals surface area contributed by atoms with E-state index in [1.807, 2.05) is 0 Å². The fraction of sp³-hybridized carbons (Fsp3) is 0.417. The van der Waals surface area contributed by atoms with Crippen molar-refractivity contribution in [3.63, 3.8) is 0 Å². The predicted octanol–water partition coefficient (Wildman–Crippen LogP) is 1.78. The Labute approximate surface area is 100 Å². The molecular formula is C12H17N3O2. The van der Waals surface area contributed by atoms with Crippen LogP contribution in [-0.2, 0) is 0 Å². The molecule has 1 heterocycles. The number of carboxylic acid groups (broad SMARTS) is 1. The third-order valence-electron chi connectivity index (χ3n) is 2.93. The minimum atomic E-state index is -0.938. The van der Waals surface area contributed by atoms with Crippen molar-refractivity contribution >= 4 is 17.3 Å². The van der Waals surface area contributed by atoms with Crippen LogP contribution in [0.3, 0.4) is 0 Å². The lowest BCUT2D eigenvalue weighted by Gasteiger charge is -2.28. The van der Waals surface area contributed by atoms with Gasteiger partial charge in [-0.05, 0) is 31.0 Å². The molecule has 1 aliphatic heterocycles. The van der Waals surface area contributed by atoms with Gasteiger partial charge in [0.15, 0.2) is 0 Å². The molecule has 1 fully saturated rings. The van der Waals surface area contributed by atoms with Crippen molar-refractivity contribution in [1.29, 1.82) is 0 Å². The molecule has 5 heteroatoms. The fourth-order valence-corrected chi connectivity index (χ4v) is 1.96. The zero-order valence-corrected chi connectivity index (χ0v) is 9.65. The van der Waals surface area contributed by atoms with E-state index in [-0.39, 0.29) is 5.56 Å². The lowest BCUT2D eigenvalue weighted by Crippen LogP contribution is -2.35. The van der Waals surface area contributed by atoms with Gasteiger partial charge in [0.05, 0.1) is 16.9 Å². The number of anilines is 2. The van der Waals surface area contributed by atoms with Crippen molar-refractivity contribution in [3.05, 3.63) is 23.8 Å². The Bertz CT molecular complexity index is 414. The van der Waals surface area contributed by atoms with Gasteiger partial charge in [-0.1, -0.05) is 6.42 Å². The zero-order chi connectivity index (χ0) is 12.3. The molecule has 0 unspecified atom stereocenters. The number of aromatic carboxylic acids is 1. The van der Waals surface area contributed by atoms with Crippen LogP contribution in [0.2, 0.25) is 0 Å². The van der Waals surface area contributed by atoms with Crippen LogP contribution in [0.1, 0.15) is 29.6 Å². The number of nitrogens with zero attached hydrogens (tertiary/aromatic N) is 1. The van der Waals surface area contributed by atoms with Crippen LogP contribution in [0, 0.1) is 0 Å². The van der Waals surface area contributed by atoms with E-state index in [1.165, 1.54) is 12.5 Å². The number of hydrogen-bond donors (Lipinski definition) is 3. The van der Waals surface area contributed by atoms with Crippen LogP contribution in [0.4, 0.5) is 11.4 Å². The number of hydrazine groups is 1. The van der Waals surface area contributed by atoms with E-state index >= 15 is 0 Å². The Hall–Kier alpha value is -1.75. The first kappa shape index (κ1) is 11.7. The third-order valence-corrected chi connectivity index (χ3v) is 2.93. The Morgan fingerprint density at radius 2 is 2.00 bits per heavy atom. The summed E-state index contributed by atoms with van der Waals surface area (Å²) in [6.07, 6.45) is 3.57. The maximum absolute atomic E-state index is 10.9. The molecule has 0 atom stereocenters. The van der Waals surface area contributed by atoms with Crippen LogP contribution < -0.4 is 11.2 Å². The topological polar surface area (TPSA) is 78.6 Å². The highest BCUT2D eigenvalue weighted by molar-refractivity contribution is 5.90. The molecule has 0 bridgehead atoms. The van der Waals surface area contributed by atoms with Crippen molar-refractivity contribution in [2.45, 2.75) is 19.3 Å². The number of carboxylic acids is 1. The van der Waals surface area contributed by atoms with E-state index < -0.39 is 5.97 Å².